The van der Waals surface area contributed by atoms with Crippen LogP contribution in [0.25, 0.3) is 6.08 Å². The van der Waals surface area contributed by atoms with E-state index in [9.17, 15) is 9.59 Å². The SMILES string of the molecule is CC(C)C[C@@H](C(=O)NNCCc1ccccc1)[C@H](C/C=C/c1ccccc1)C(=O)OC(C)(C)C. The molecule has 2 N–H and O–H groups in total. The third-order valence-electron chi connectivity index (χ3n) is 5.35. The molecule has 0 aliphatic carbocycles. The molecule has 0 saturated heterocycles. The summed E-state index contributed by atoms with van der Waals surface area (Å²) >= 11 is 0. The van der Waals surface area contributed by atoms with Gasteiger partial charge in [0.05, 0.1) is 11.8 Å². The van der Waals surface area contributed by atoms with Gasteiger partial charge in [0.1, 0.15) is 5.60 Å². The van der Waals surface area contributed by atoms with Gasteiger partial charge < -0.3 is 4.74 Å². The highest BCUT2D eigenvalue weighted by atomic mass is 16.6. The second-order valence-corrected chi connectivity index (χ2v) is 10.1. The molecule has 1 amide bonds. The maximum absolute atomic E-state index is 13.2. The van der Waals surface area contributed by atoms with Crippen LogP contribution in [-0.4, -0.2) is 24.0 Å². The number of amides is 1. The van der Waals surface area contributed by atoms with Crippen molar-refractivity contribution in [3.63, 3.8) is 0 Å². The zero-order valence-corrected chi connectivity index (χ0v) is 21.2. The van der Waals surface area contributed by atoms with E-state index in [1.165, 1.54) is 5.56 Å². The quantitative estimate of drug-likeness (QED) is 0.245. The van der Waals surface area contributed by atoms with Gasteiger partial charge in [0.15, 0.2) is 0 Å². The fourth-order valence-electron chi connectivity index (χ4n) is 3.77. The van der Waals surface area contributed by atoms with Gasteiger partial charge in [-0.2, -0.15) is 0 Å². The van der Waals surface area contributed by atoms with E-state index in [1.54, 1.807) is 0 Å². The summed E-state index contributed by atoms with van der Waals surface area (Å²) in [5, 5.41) is 0. The minimum atomic E-state index is -0.620. The number of hydrogen-bond acceptors (Lipinski definition) is 4. The van der Waals surface area contributed by atoms with Crippen LogP contribution >= 0.6 is 0 Å². The van der Waals surface area contributed by atoms with Crippen LogP contribution in [0, 0.1) is 17.8 Å². The summed E-state index contributed by atoms with van der Waals surface area (Å²) in [7, 11) is 0. The zero-order chi connectivity index (χ0) is 25.0. The number of hydrogen-bond donors (Lipinski definition) is 2. The lowest BCUT2D eigenvalue weighted by Gasteiger charge is -2.29. The molecule has 5 heteroatoms. The van der Waals surface area contributed by atoms with E-state index in [0.717, 1.165) is 12.0 Å². The second-order valence-electron chi connectivity index (χ2n) is 10.1. The number of allylic oxidation sites excluding steroid dienone is 1. The molecule has 0 aromatic heterocycles. The highest BCUT2D eigenvalue weighted by Gasteiger charge is 2.36. The van der Waals surface area contributed by atoms with E-state index in [4.69, 9.17) is 4.74 Å². The van der Waals surface area contributed by atoms with Crippen LogP contribution < -0.4 is 10.9 Å². The molecule has 0 aliphatic rings. The first-order valence-electron chi connectivity index (χ1n) is 12.2. The third kappa shape index (κ3) is 10.3. The number of carbonyl (C=O) groups excluding carboxylic acids is 2. The molecule has 0 unspecified atom stereocenters. The van der Waals surface area contributed by atoms with Crippen molar-refractivity contribution in [3.8, 4) is 0 Å². The van der Waals surface area contributed by atoms with Crippen LogP contribution in [-0.2, 0) is 20.7 Å². The van der Waals surface area contributed by atoms with Crippen LogP contribution in [0.2, 0.25) is 0 Å². The molecular weight excluding hydrogens is 424 g/mol. The third-order valence-corrected chi connectivity index (χ3v) is 5.35. The maximum atomic E-state index is 13.2. The molecule has 0 heterocycles. The first-order valence-corrected chi connectivity index (χ1v) is 12.2. The highest BCUT2D eigenvalue weighted by Crippen LogP contribution is 2.28. The monoisotopic (exact) mass is 464 g/mol. The Balaban J connectivity index is 2.11. The van der Waals surface area contributed by atoms with E-state index in [-0.39, 0.29) is 17.8 Å². The lowest BCUT2D eigenvalue weighted by molar-refractivity contribution is -0.164. The van der Waals surface area contributed by atoms with Gasteiger partial charge in [0.2, 0.25) is 5.91 Å². The van der Waals surface area contributed by atoms with Crippen LogP contribution in [0.3, 0.4) is 0 Å². The van der Waals surface area contributed by atoms with Crippen molar-refractivity contribution in [2.75, 3.05) is 6.54 Å². The first-order chi connectivity index (χ1) is 16.2. The van der Waals surface area contributed by atoms with Gasteiger partial charge in [-0.3, -0.25) is 15.0 Å². The molecule has 2 rings (SSSR count). The fraction of sp³-hybridized carbons (Fsp3) is 0.448. The molecule has 0 saturated carbocycles. The van der Waals surface area contributed by atoms with E-state index < -0.39 is 17.4 Å². The number of esters is 1. The molecule has 2 atom stereocenters. The van der Waals surface area contributed by atoms with Crippen molar-refractivity contribution in [2.45, 2.75) is 59.5 Å². The molecule has 0 fully saturated rings. The van der Waals surface area contributed by atoms with Crippen molar-refractivity contribution in [2.24, 2.45) is 17.8 Å². The summed E-state index contributed by atoms with van der Waals surface area (Å²) in [6.07, 6.45) is 5.77. The Bertz CT molecular complexity index is 902. The van der Waals surface area contributed by atoms with Crippen molar-refractivity contribution < 1.29 is 14.3 Å². The Morgan fingerprint density at radius 2 is 1.56 bits per heavy atom. The molecule has 0 spiro atoms. The average molecular weight is 465 g/mol. The number of nitrogens with one attached hydrogen (secondary N) is 2. The van der Waals surface area contributed by atoms with Gasteiger partial charge in [-0.15, -0.1) is 0 Å². The Labute approximate surface area is 205 Å². The minimum Gasteiger partial charge on any atom is -0.460 e. The van der Waals surface area contributed by atoms with Crippen molar-refractivity contribution >= 4 is 18.0 Å². The van der Waals surface area contributed by atoms with Crippen LogP contribution in [0.1, 0.15) is 58.6 Å². The summed E-state index contributed by atoms with van der Waals surface area (Å²) in [6, 6.07) is 20.0. The summed E-state index contributed by atoms with van der Waals surface area (Å²) in [4.78, 5) is 26.4. The Kier molecular flexibility index (Phi) is 11.0. The molecule has 2 aromatic carbocycles. The summed E-state index contributed by atoms with van der Waals surface area (Å²) in [5.41, 5.74) is 7.51. The topological polar surface area (TPSA) is 67.4 Å². The standard InChI is InChI=1S/C29H40N2O3/c1-22(2)21-26(27(32)31-30-20-19-24-15-10-7-11-16-24)25(28(33)34-29(3,4)5)18-12-17-23-13-8-6-9-14-23/h6-17,22,25-26,30H,18-21H2,1-5H3,(H,31,32)/b17-12+/t25-,26+/m0/s1. The zero-order valence-electron chi connectivity index (χ0n) is 21.2. The number of benzene rings is 2. The summed E-state index contributed by atoms with van der Waals surface area (Å²) in [5.74, 6) is -1.33. The van der Waals surface area contributed by atoms with Crippen LogP contribution in [0.5, 0.6) is 0 Å². The molecule has 0 bridgehead atoms. The van der Waals surface area contributed by atoms with Crippen molar-refractivity contribution in [1.29, 1.82) is 0 Å². The van der Waals surface area contributed by atoms with Gasteiger partial charge in [-0.1, -0.05) is 86.7 Å². The van der Waals surface area contributed by atoms with E-state index in [0.29, 0.717) is 19.4 Å². The predicted octanol–water partition coefficient (Wildman–Crippen LogP) is 5.57. The largest absolute Gasteiger partial charge is 0.460 e. The van der Waals surface area contributed by atoms with Gasteiger partial charge >= 0.3 is 5.97 Å². The number of carbonyl (C=O) groups is 2. The molecule has 0 radical (unpaired) electrons. The molecular formula is C29H40N2O3. The minimum absolute atomic E-state index is 0.175. The summed E-state index contributed by atoms with van der Waals surface area (Å²) < 4.78 is 5.73. The first kappa shape index (κ1) is 27.3. The van der Waals surface area contributed by atoms with Gasteiger partial charge in [-0.05, 0) is 57.1 Å². The van der Waals surface area contributed by atoms with Gasteiger partial charge in [0, 0.05) is 6.54 Å². The normalized spacial score (nSPS) is 13.6. The molecule has 34 heavy (non-hydrogen) atoms. The van der Waals surface area contributed by atoms with E-state index in [2.05, 4.69) is 36.8 Å². The Morgan fingerprint density at radius 3 is 2.15 bits per heavy atom. The highest BCUT2D eigenvalue weighted by molar-refractivity contribution is 5.85. The summed E-state index contributed by atoms with van der Waals surface area (Å²) in [6.45, 7) is 10.3. The molecule has 184 valence electrons. The smallest absolute Gasteiger partial charge is 0.310 e. The molecule has 2 aromatic rings. The average Bonchev–Trinajstić information content (AvgIpc) is 2.78. The van der Waals surface area contributed by atoms with Crippen molar-refractivity contribution in [1.82, 2.24) is 10.9 Å². The van der Waals surface area contributed by atoms with E-state index >= 15 is 0 Å². The molecule has 0 aliphatic heterocycles. The second kappa shape index (κ2) is 13.7. The molecule has 5 nitrogen and oxygen atoms in total. The Hall–Kier alpha value is -2.92. The van der Waals surface area contributed by atoms with Gasteiger partial charge in [0.25, 0.3) is 0 Å². The number of hydrazine groups is 1. The van der Waals surface area contributed by atoms with Gasteiger partial charge in [-0.25, -0.2) is 5.43 Å². The number of rotatable bonds is 12. The fourth-order valence-corrected chi connectivity index (χ4v) is 3.77. The van der Waals surface area contributed by atoms with Crippen LogP contribution in [0.4, 0.5) is 0 Å². The Morgan fingerprint density at radius 1 is 0.941 bits per heavy atom. The number of ether oxygens (including phenoxy) is 1. The lowest BCUT2D eigenvalue weighted by Crippen LogP contribution is -2.46. The lowest BCUT2D eigenvalue weighted by atomic mass is 9.82. The van der Waals surface area contributed by atoms with E-state index in [1.807, 2.05) is 81.5 Å². The predicted molar refractivity (Wildman–Crippen MR) is 139 cm³/mol. The maximum Gasteiger partial charge on any atom is 0.310 e. The van der Waals surface area contributed by atoms with Crippen molar-refractivity contribution in [3.05, 3.63) is 77.9 Å². The van der Waals surface area contributed by atoms with Crippen LogP contribution in [0.15, 0.2) is 66.7 Å².